The standard InChI is InChI=1S/C15H11BrN2O2/c1-9-2-4-11(7-12(9)16)18-8-17-13-5-3-10(15(19)20)6-14(13)18/h2-8H,1H3,(H,19,20). The van der Waals surface area contributed by atoms with Gasteiger partial charge in [0.05, 0.1) is 16.6 Å². The Bertz CT molecular complexity index is 824. The third-order valence-electron chi connectivity index (χ3n) is 3.23. The molecule has 1 N–H and O–H groups in total. The summed E-state index contributed by atoms with van der Waals surface area (Å²) < 4.78 is 2.89. The van der Waals surface area contributed by atoms with Crippen molar-refractivity contribution < 1.29 is 9.90 Å². The SMILES string of the molecule is Cc1ccc(-n2cnc3ccc(C(=O)O)cc32)cc1Br. The molecular formula is C15H11BrN2O2. The van der Waals surface area contributed by atoms with E-state index in [4.69, 9.17) is 5.11 Å². The van der Waals surface area contributed by atoms with Crippen LogP contribution in [0.4, 0.5) is 0 Å². The van der Waals surface area contributed by atoms with Crippen LogP contribution in [0, 0.1) is 6.92 Å². The molecule has 0 aliphatic heterocycles. The molecule has 0 spiro atoms. The molecule has 0 radical (unpaired) electrons. The lowest BCUT2D eigenvalue weighted by molar-refractivity contribution is 0.0697. The highest BCUT2D eigenvalue weighted by atomic mass is 79.9. The fourth-order valence-corrected chi connectivity index (χ4v) is 2.44. The maximum absolute atomic E-state index is 11.1. The molecule has 100 valence electrons. The van der Waals surface area contributed by atoms with Crippen molar-refractivity contribution in [2.75, 3.05) is 0 Å². The molecule has 0 aliphatic carbocycles. The number of aromatic carboxylic acids is 1. The van der Waals surface area contributed by atoms with Crippen molar-refractivity contribution >= 4 is 32.9 Å². The number of rotatable bonds is 2. The highest BCUT2D eigenvalue weighted by Gasteiger charge is 2.09. The van der Waals surface area contributed by atoms with Gasteiger partial charge in [-0.2, -0.15) is 0 Å². The molecule has 3 aromatic rings. The number of aryl methyl sites for hydroxylation is 1. The molecular weight excluding hydrogens is 320 g/mol. The number of carboxylic acid groups (broad SMARTS) is 1. The topological polar surface area (TPSA) is 55.1 Å². The molecule has 0 amide bonds. The molecule has 1 aromatic heterocycles. The number of imidazole rings is 1. The van der Waals surface area contributed by atoms with Gasteiger partial charge in [-0.05, 0) is 42.8 Å². The van der Waals surface area contributed by atoms with Gasteiger partial charge in [-0.3, -0.25) is 4.57 Å². The van der Waals surface area contributed by atoms with Crippen molar-refractivity contribution in [1.29, 1.82) is 0 Å². The molecule has 0 aliphatic rings. The van der Waals surface area contributed by atoms with E-state index in [9.17, 15) is 4.79 Å². The number of halogens is 1. The monoisotopic (exact) mass is 330 g/mol. The average molecular weight is 331 g/mol. The van der Waals surface area contributed by atoms with Crippen LogP contribution in [0.25, 0.3) is 16.7 Å². The van der Waals surface area contributed by atoms with E-state index in [0.29, 0.717) is 0 Å². The molecule has 5 heteroatoms. The summed E-state index contributed by atoms with van der Waals surface area (Å²) >= 11 is 3.51. The maximum atomic E-state index is 11.1. The Balaban J connectivity index is 2.22. The third kappa shape index (κ3) is 2.10. The highest BCUT2D eigenvalue weighted by Crippen LogP contribution is 2.24. The van der Waals surface area contributed by atoms with E-state index in [1.54, 1.807) is 24.5 Å². The summed E-state index contributed by atoms with van der Waals surface area (Å²) in [5.41, 5.74) is 3.88. The zero-order valence-corrected chi connectivity index (χ0v) is 12.3. The average Bonchev–Trinajstić information content (AvgIpc) is 2.84. The molecule has 1 heterocycles. The van der Waals surface area contributed by atoms with Crippen LogP contribution in [0.1, 0.15) is 15.9 Å². The van der Waals surface area contributed by atoms with Gasteiger partial charge in [0, 0.05) is 10.2 Å². The highest BCUT2D eigenvalue weighted by molar-refractivity contribution is 9.10. The van der Waals surface area contributed by atoms with Crippen molar-refractivity contribution in [3.05, 3.63) is 58.3 Å². The van der Waals surface area contributed by atoms with E-state index in [-0.39, 0.29) is 5.56 Å². The van der Waals surface area contributed by atoms with Crippen molar-refractivity contribution in [2.24, 2.45) is 0 Å². The second-order valence-electron chi connectivity index (χ2n) is 4.56. The quantitative estimate of drug-likeness (QED) is 0.777. The molecule has 3 rings (SSSR count). The van der Waals surface area contributed by atoms with Crippen LogP contribution in [0.15, 0.2) is 47.2 Å². The lowest BCUT2D eigenvalue weighted by atomic mass is 10.2. The van der Waals surface area contributed by atoms with Gasteiger partial charge in [0.15, 0.2) is 0 Å². The smallest absolute Gasteiger partial charge is 0.335 e. The molecule has 20 heavy (non-hydrogen) atoms. The number of nitrogens with zero attached hydrogens (tertiary/aromatic N) is 2. The minimum Gasteiger partial charge on any atom is -0.478 e. The second-order valence-corrected chi connectivity index (χ2v) is 5.41. The van der Waals surface area contributed by atoms with E-state index in [0.717, 1.165) is 26.8 Å². The molecule has 0 bridgehead atoms. The number of benzene rings is 2. The molecule has 0 fully saturated rings. The van der Waals surface area contributed by atoms with Crippen molar-refractivity contribution in [1.82, 2.24) is 9.55 Å². The minimum absolute atomic E-state index is 0.255. The number of aromatic nitrogens is 2. The van der Waals surface area contributed by atoms with E-state index >= 15 is 0 Å². The summed E-state index contributed by atoms with van der Waals surface area (Å²) in [6, 6.07) is 10.9. The van der Waals surface area contributed by atoms with E-state index in [1.165, 1.54) is 0 Å². The summed E-state index contributed by atoms with van der Waals surface area (Å²) in [5.74, 6) is -0.940. The first-order chi connectivity index (χ1) is 9.56. The van der Waals surface area contributed by atoms with Gasteiger partial charge in [0.25, 0.3) is 0 Å². The maximum Gasteiger partial charge on any atom is 0.335 e. The van der Waals surface area contributed by atoms with Crippen molar-refractivity contribution in [3.8, 4) is 5.69 Å². The fraction of sp³-hybridized carbons (Fsp3) is 0.0667. The van der Waals surface area contributed by atoms with Crippen LogP contribution in [0.3, 0.4) is 0 Å². The molecule has 0 unspecified atom stereocenters. The lowest BCUT2D eigenvalue weighted by Crippen LogP contribution is -1.97. The predicted octanol–water partition coefficient (Wildman–Crippen LogP) is 3.79. The minimum atomic E-state index is -0.940. The summed E-state index contributed by atoms with van der Waals surface area (Å²) in [6.07, 6.45) is 1.70. The summed E-state index contributed by atoms with van der Waals surface area (Å²) in [6.45, 7) is 2.02. The Kier molecular flexibility index (Phi) is 3.06. The van der Waals surface area contributed by atoms with Crippen LogP contribution in [-0.2, 0) is 0 Å². The normalized spacial score (nSPS) is 10.9. The largest absolute Gasteiger partial charge is 0.478 e. The number of carboxylic acids is 1. The van der Waals surface area contributed by atoms with Crippen molar-refractivity contribution in [2.45, 2.75) is 6.92 Å². The number of carbonyl (C=O) groups is 1. The van der Waals surface area contributed by atoms with E-state index < -0.39 is 5.97 Å². The van der Waals surface area contributed by atoms with Gasteiger partial charge in [0.1, 0.15) is 6.33 Å². The van der Waals surface area contributed by atoms with Crippen LogP contribution >= 0.6 is 15.9 Å². The van der Waals surface area contributed by atoms with Gasteiger partial charge in [-0.25, -0.2) is 9.78 Å². The van der Waals surface area contributed by atoms with Gasteiger partial charge < -0.3 is 5.11 Å². The molecule has 2 aromatic carbocycles. The van der Waals surface area contributed by atoms with Gasteiger partial charge in [0.2, 0.25) is 0 Å². The molecule has 0 saturated heterocycles. The van der Waals surface area contributed by atoms with Crippen LogP contribution < -0.4 is 0 Å². The Morgan fingerprint density at radius 3 is 2.75 bits per heavy atom. The number of hydrogen-bond acceptors (Lipinski definition) is 2. The first-order valence-electron chi connectivity index (χ1n) is 6.03. The molecule has 4 nitrogen and oxygen atoms in total. The third-order valence-corrected chi connectivity index (χ3v) is 4.08. The fourth-order valence-electron chi connectivity index (χ4n) is 2.08. The van der Waals surface area contributed by atoms with Gasteiger partial charge in [-0.15, -0.1) is 0 Å². The molecule has 0 atom stereocenters. The number of fused-ring (bicyclic) bond motifs is 1. The Morgan fingerprint density at radius 2 is 2.05 bits per heavy atom. The summed E-state index contributed by atoms with van der Waals surface area (Å²) in [5, 5.41) is 9.09. The number of hydrogen-bond donors (Lipinski definition) is 1. The van der Waals surface area contributed by atoms with Gasteiger partial charge >= 0.3 is 5.97 Å². The zero-order chi connectivity index (χ0) is 14.3. The Labute approximate surface area is 123 Å². The zero-order valence-electron chi connectivity index (χ0n) is 10.7. The molecule has 0 saturated carbocycles. The summed E-state index contributed by atoms with van der Waals surface area (Å²) in [7, 11) is 0. The van der Waals surface area contributed by atoms with Crippen LogP contribution in [0.5, 0.6) is 0 Å². The Hall–Kier alpha value is -2.14. The predicted molar refractivity (Wildman–Crippen MR) is 80.5 cm³/mol. The Morgan fingerprint density at radius 1 is 1.25 bits per heavy atom. The first kappa shape index (κ1) is 12.9. The second kappa shape index (κ2) is 4.76. The van der Waals surface area contributed by atoms with E-state index in [1.807, 2.05) is 29.7 Å². The van der Waals surface area contributed by atoms with Crippen molar-refractivity contribution in [3.63, 3.8) is 0 Å². The van der Waals surface area contributed by atoms with Crippen LogP contribution in [-0.4, -0.2) is 20.6 Å². The summed E-state index contributed by atoms with van der Waals surface area (Å²) in [4.78, 5) is 15.4. The van der Waals surface area contributed by atoms with E-state index in [2.05, 4.69) is 20.9 Å². The lowest BCUT2D eigenvalue weighted by Gasteiger charge is -2.07. The van der Waals surface area contributed by atoms with Crippen LogP contribution in [0.2, 0.25) is 0 Å². The first-order valence-corrected chi connectivity index (χ1v) is 6.82. The van der Waals surface area contributed by atoms with Gasteiger partial charge in [-0.1, -0.05) is 22.0 Å².